The van der Waals surface area contributed by atoms with Gasteiger partial charge in [-0.15, -0.1) is 0 Å². The monoisotopic (exact) mass is 829 g/mol. The van der Waals surface area contributed by atoms with Gasteiger partial charge in [-0.2, -0.15) is 0 Å². The van der Waals surface area contributed by atoms with Gasteiger partial charge in [-0.25, -0.2) is 0 Å². The van der Waals surface area contributed by atoms with Crippen LogP contribution in [0.2, 0.25) is 0 Å². The molecule has 0 fully saturated rings. The fourth-order valence-electron chi connectivity index (χ4n) is 12.0. The van der Waals surface area contributed by atoms with Crippen LogP contribution in [0.25, 0.3) is 44.2 Å². The normalized spacial score (nSPS) is 14.2. The predicted molar refractivity (Wildman–Crippen MR) is 263 cm³/mol. The van der Waals surface area contributed by atoms with Crippen LogP contribution < -0.4 is 9.64 Å². The third-order valence-electron chi connectivity index (χ3n) is 14.4. The topological polar surface area (TPSA) is 25.6 Å². The minimum atomic E-state index is -0.656. The Morgan fingerprint density at radius 3 is 1.55 bits per heavy atom. The van der Waals surface area contributed by atoms with Crippen LogP contribution in [0.5, 0.6) is 11.5 Å². The number of fused-ring (bicyclic) bond motifs is 15. The van der Waals surface area contributed by atoms with Crippen molar-refractivity contribution in [3.05, 3.63) is 281 Å². The average molecular weight is 830 g/mol. The Morgan fingerprint density at radius 2 is 0.846 bits per heavy atom. The van der Waals surface area contributed by atoms with E-state index in [-0.39, 0.29) is 0 Å². The molecule has 1 spiro atoms. The summed E-state index contributed by atoms with van der Waals surface area (Å²) in [4.78, 5) is 2.51. The third kappa shape index (κ3) is 4.74. The lowest BCUT2D eigenvalue weighted by Crippen LogP contribution is -2.32. The largest absolute Gasteiger partial charge is 0.457 e. The van der Waals surface area contributed by atoms with Crippen LogP contribution in [0.4, 0.5) is 17.1 Å². The first kappa shape index (κ1) is 36.1. The van der Waals surface area contributed by atoms with Crippen molar-refractivity contribution in [2.45, 2.75) is 10.8 Å². The summed E-state index contributed by atoms with van der Waals surface area (Å²) in [6, 6.07) is 86.3. The summed E-state index contributed by atoms with van der Waals surface area (Å²) in [5, 5.41) is 2.13. The number of rotatable bonds is 5. The fourth-order valence-corrected chi connectivity index (χ4v) is 12.0. The summed E-state index contributed by atoms with van der Waals surface area (Å²) in [5.74, 6) is 1.72. The van der Waals surface area contributed by atoms with Crippen LogP contribution in [-0.4, -0.2) is 0 Å². The van der Waals surface area contributed by atoms with Crippen molar-refractivity contribution < 1.29 is 9.15 Å². The molecular weight excluding hydrogens is 791 g/mol. The molecule has 3 aliphatic rings. The van der Waals surface area contributed by atoms with Crippen molar-refractivity contribution in [3.8, 4) is 33.8 Å². The van der Waals surface area contributed by atoms with E-state index < -0.39 is 10.8 Å². The number of anilines is 3. The summed E-state index contributed by atoms with van der Waals surface area (Å²) in [7, 11) is 0. The van der Waals surface area contributed by atoms with Gasteiger partial charge in [0.25, 0.3) is 0 Å². The summed E-state index contributed by atoms with van der Waals surface area (Å²) in [6.45, 7) is 0. The fraction of sp³-hybridized carbons (Fsp3) is 0.0323. The summed E-state index contributed by atoms with van der Waals surface area (Å²) in [6.07, 6.45) is 0. The molecule has 0 saturated heterocycles. The molecule has 3 nitrogen and oxygen atoms in total. The van der Waals surface area contributed by atoms with Crippen molar-refractivity contribution in [2.75, 3.05) is 4.90 Å². The molecule has 10 aromatic carbocycles. The highest BCUT2D eigenvalue weighted by molar-refractivity contribution is 6.14. The van der Waals surface area contributed by atoms with Crippen molar-refractivity contribution >= 4 is 39.0 Å². The number of hydrogen-bond acceptors (Lipinski definition) is 3. The molecule has 0 radical (unpaired) electrons. The number of para-hydroxylation sites is 2. The molecule has 1 aromatic heterocycles. The quantitative estimate of drug-likeness (QED) is 0.173. The number of nitrogens with zero attached hydrogens (tertiary/aromatic N) is 1. The molecule has 65 heavy (non-hydrogen) atoms. The van der Waals surface area contributed by atoms with Gasteiger partial charge in [-0.1, -0.05) is 188 Å². The second-order valence-electron chi connectivity index (χ2n) is 17.4. The molecule has 14 rings (SSSR count). The van der Waals surface area contributed by atoms with Crippen LogP contribution in [0.1, 0.15) is 44.5 Å². The van der Waals surface area contributed by atoms with Crippen LogP contribution in [0, 0.1) is 0 Å². The molecule has 1 aliphatic heterocycles. The Balaban J connectivity index is 1.13. The Hall–Kier alpha value is -8.40. The van der Waals surface area contributed by atoms with E-state index in [4.69, 9.17) is 9.15 Å². The minimum Gasteiger partial charge on any atom is -0.457 e. The lowest BCUT2D eigenvalue weighted by molar-refractivity contribution is 0.436. The maximum Gasteiger partial charge on any atom is 0.137 e. The lowest BCUT2D eigenvalue weighted by Gasteiger charge is -2.41. The highest BCUT2D eigenvalue weighted by Gasteiger charge is 2.52. The lowest BCUT2D eigenvalue weighted by atomic mass is 9.66. The van der Waals surface area contributed by atoms with Crippen molar-refractivity contribution in [1.82, 2.24) is 0 Å². The molecule has 304 valence electrons. The summed E-state index contributed by atoms with van der Waals surface area (Å²) in [5.41, 5.74) is 18.2. The molecule has 0 N–H and O–H groups in total. The van der Waals surface area contributed by atoms with Crippen LogP contribution >= 0.6 is 0 Å². The van der Waals surface area contributed by atoms with Gasteiger partial charge in [0.1, 0.15) is 22.7 Å². The number of ether oxygens (including phenoxy) is 1. The SMILES string of the molecule is c1ccc(C2(c3ccccc3)c3ccccc3-c3cccc(N(c4ccc5c(c4)C4(c6ccccc6O5)c5ccccc5-c5ccccc54)c4cccc5oc6ccccc6c45)c32)cc1. The molecule has 0 atom stereocenters. The molecular formula is C62H39NO2. The van der Waals surface area contributed by atoms with Crippen molar-refractivity contribution in [2.24, 2.45) is 0 Å². The Bertz CT molecular complexity index is 3630. The van der Waals surface area contributed by atoms with E-state index in [1.807, 2.05) is 0 Å². The van der Waals surface area contributed by atoms with E-state index in [1.165, 1.54) is 55.6 Å². The zero-order chi connectivity index (χ0) is 42.7. The van der Waals surface area contributed by atoms with E-state index in [9.17, 15) is 0 Å². The zero-order valence-corrected chi connectivity index (χ0v) is 35.3. The predicted octanol–water partition coefficient (Wildman–Crippen LogP) is 15.9. The van der Waals surface area contributed by atoms with Gasteiger partial charge < -0.3 is 14.1 Å². The number of furan rings is 1. The molecule has 11 aromatic rings. The van der Waals surface area contributed by atoms with Crippen molar-refractivity contribution in [1.29, 1.82) is 0 Å². The van der Waals surface area contributed by atoms with Crippen molar-refractivity contribution in [3.63, 3.8) is 0 Å². The van der Waals surface area contributed by atoms with E-state index in [1.54, 1.807) is 0 Å². The molecule has 2 aliphatic carbocycles. The Morgan fingerprint density at radius 1 is 0.338 bits per heavy atom. The van der Waals surface area contributed by atoms with E-state index >= 15 is 0 Å². The minimum absolute atomic E-state index is 0.639. The second-order valence-corrected chi connectivity index (χ2v) is 17.4. The summed E-state index contributed by atoms with van der Waals surface area (Å²) < 4.78 is 13.7. The number of hydrogen-bond donors (Lipinski definition) is 0. The van der Waals surface area contributed by atoms with Gasteiger partial charge >= 0.3 is 0 Å². The summed E-state index contributed by atoms with van der Waals surface area (Å²) >= 11 is 0. The molecule has 3 heteroatoms. The van der Waals surface area contributed by atoms with Gasteiger partial charge in [-0.3, -0.25) is 0 Å². The van der Waals surface area contributed by atoms with Crippen LogP contribution in [0.15, 0.2) is 241 Å². The van der Waals surface area contributed by atoms with Crippen LogP contribution in [0.3, 0.4) is 0 Å². The second kappa shape index (κ2) is 13.6. The maximum atomic E-state index is 6.99. The third-order valence-corrected chi connectivity index (χ3v) is 14.4. The van der Waals surface area contributed by atoms with Gasteiger partial charge in [0, 0.05) is 27.8 Å². The average Bonchev–Trinajstić information content (AvgIpc) is 4.01. The van der Waals surface area contributed by atoms with Gasteiger partial charge in [0.2, 0.25) is 0 Å². The van der Waals surface area contributed by atoms with Gasteiger partial charge in [0.05, 0.1) is 27.6 Å². The standard InChI is InChI=1S/C62H39NO2/c1-3-19-40(20-4-1)61(41-21-5-2-6-22-41)48-28-11-9-25-45(48)46-27-17-33-54(60(46)61)63(53-32-18-36-58-59(53)47-26-10-15-34-55(47)64-58)42-37-38-57-52(39-42)62(51-31-14-16-35-56(51)65-57)49-29-12-7-23-43(49)44-24-8-13-30-50(44)62/h1-39H. The highest BCUT2D eigenvalue weighted by atomic mass is 16.5. The van der Waals surface area contributed by atoms with Gasteiger partial charge in [-0.05, 0) is 98.6 Å². The molecule has 0 unspecified atom stereocenters. The zero-order valence-electron chi connectivity index (χ0n) is 35.3. The first-order chi connectivity index (χ1) is 32.3. The molecule has 0 saturated carbocycles. The first-order valence-corrected chi connectivity index (χ1v) is 22.4. The smallest absolute Gasteiger partial charge is 0.137 e. The van der Waals surface area contributed by atoms with Gasteiger partial charge in [0.15, 0.2) is 0 Å². The van der Waals surface area contributed by atoms with E-state index in [2.05, 4.69) is 241 Å². The Labute approximate surface area is 377 Å². The number of benzene rings is 10. The molecule has 2 heterocycles. The van der Waals surface area contributed by atoms with E-state index in [0.717, 1.165) is 61.6 Å². The maximum absolute atomic E-state index is 6.99. The Kier molecular flexibility index (Phi) is 7.53. The van der Waals surface area contributed by atoms with E-state index in [0.29, 0.717) is 0 Å². The molecule has 0 bridgehead atoms. The highest BCUT2D eigenvalue weighted by Crippen LogP contribution is 2.64. The molecule has 0 amide bonds. The van der Waals surface area contributed by atoms with Crippen LogP contribution in [-0.2, 0) is 10.8 Å². The first-order valence-electron chi connectivity index (χ1n) is 22.4.